The molecular weight excluding hydrogens is 388 g/mol. The maximum absolute atomic E-state index is 12.6. The number of nitrogens with zero attached hydrogens (tertiary/aromatic N) is 1. The number of piperidine rings is 1. The van der Waals surface area contributed by atoms with Crippen molar-refractivity contribution in [3.05, 3.63) is 77.0 Å². The normalized spacial score (nSPS) is 14.8. The number of amides is 1. The molecule has 1 fully saturated rings. The summed E-state index contributed by atoms with van der Waals surface area (Å²) in [5.74, 6) is 1.63. The van der Waals surface area contributed by atoms with Crippen LogP contribution in [0.2, 0.25) is 5.02 Å². The van der Waals surface area contributed by atoms with Gasteiger partial charge in [-0.25, -0.2) is 0 Å². The van der Waals surface area contributed by atoms with Gasteiger partial charge in [-0.05, 0) is 73.5 Å². The summed E-state index contributed by atoms with van der Waals surface area (Å²) in [5.41, 5.74) is 2.56. The van der Waals surface area contributed by atoms with Gasteiger partial charge in [-0.1, -0.05) is 11.6 Å². The maximum Gasteiger partial charge on any atom is 0.253 e. The van der Waals surface area contributed by atoms with Crippen molar-refractivity contribution in [3.63, 3.8) is 0 Å². The lowest BCUT2D eigenvalue weighted by atomic mass is 10.1. The molecule has 2 aromatic carbocycles. The molecule has 1 saturated heterocycles. The van der Waals surface area contributed by atoms with Gasteiger partial charge in [0.25, 0.3) is 5.91 Å². The Morgan fingerprint density at radius 1 is 1.03 bits per heavy atom. The van der Waals surface area contributed by atoms with E-state index in [1.165, 1.54) is 0 Å². The van der Waals surface area contributed by atoms with Crippen LogP contribution in [0.3, 0.4) is 0 Å². The fraction of sp³-hybridized carbons (Fsp3) is 0.261. The van der Waals surface area contributed by atoms with Crippen LogP contribution in [0.4, 0.5) is 5.69 Å². The van der Waals surface area contributed by atoms with Crippen molar-refractivity contribution >= 4 is 23.2 Å². The number of rotatable bonds is 5. The van der Waals surface area contributed by atoms with E-state index in [1.807, 2.05) is 60.7 Å². The highest BCUT2D eigenvalue weighted by molar-refractivity contribution is 6.30. The van der Waals surface area contributed by atoms with Crippen molar-refractivity contribution in [1.82, 2.24) is 4.90 Å². The number of carbonyl (C=O) groups excluding carboxylic acids is 1. The second kappa shape index (κ2) is 8.72. The number of hydrogen-bond acceptors (Lipinski definition) is 4. The van der Waals surface area contributed by atoms with Gasteiger partial charge in [-0.3, -0.25) is 4.79 Å². The Labute approximate surface area is 174 Å². The third-order valence-electron chi connectivity index (χ3n) is 5.14. The highest BCUT2D eigenvalue weighted by Crippen LogP contribution is 2.24. The van der Waals surface area contributed by atoms with E-state index in [0.717, 1.165) is 22.8 Å². The predicted octanol–water partition coefficient (Wildman–Crippen LogP) is 4.81. The largest absolute Gasteiger partial charge is 0.459 e. The highest BCUT2D eigenvalue weighted by atomic mass is 35.5. The number of carbonyl (C=O) groups is 1. The molecule has 2 N–H and O–H groups in total. The smallest absolute Gasteiger partial charge is 0.253 e. The van der Waals surface area contributed by atoms with Gasteiger partial charge >= 0.3 is 0 Å². The molecule has 29 heavy (non-hydrogen) atoms. The van der Waals surface area contributed by atoms with Crippen LogP contribution < -0.4 is 5.32 Å². The number of aliphatic hydroxyl groups is 1. The molecule has 0 bridgehead atoms. The zero-order valence-corrected chi connectivity index (χ0v) is 16.7. The molecule has 6 heteroatoms. The molecule has 0 radical (unpaired) electrons. The molecule has 1 aliphatic heterocycles. The van der Waals surface area contributed by atoms with E-state index >= 15 is 0 Å². The van der Waals surface area contributed by atoms with Crippen molar-refractivity contribution < 1.29 is 14.3 Å². The van der Waals surface area contributed by atoms with Gasteiger partial charge in [0.15, 0.2) is 0 Å². The summed E-state index contributed by atoms with van der Waals surface area (Å²) in [5, 5.41) is 13.6. The second-order valence-corrected chi connectivity index (χ2v) is 7.66. The summed E-state index contributed by atoms with van der Waals surface area (Å²) < 4.78 is 5.89. The number of likely N-dealkylation sites (tertiary alicyclic amines) is 1. The summed E-state index contributed by atoms with van der Waals surface area (Å²) in [6.07, 6.45) is 1.01. The number of aliphatic hydroxyl groups excluding tert-OH is 1. The molecule has 0 aliphatic carbocycles. The average Bonchev–Trinajstić information content (AvgIpc) is 3.22. The van der Waals surface area contributed by atoms with E-state index in [2.05, 4.69) is 5.32 Å². The van der Waals surface area contributed by atoms with E-state index in [0.29, 0.717) is 43.1 Å². The molecule has 1 aromatic heterocycles. The van der Waals surface area contributed by atoms with Gasteiger partial charge in [-0.15, -0.1) is 0 Å². The Bertz CT molecular complexity index is 959. The summed E-state index contributed by atoms with van der Waals surface area (Å²) in [7, 11) is 0. The Kier molecular flexibility index (Phi) is 5.88. The summed E-state index contributed by atoms with van der Waals surface area (Å²) in [4.78, 5) is 14.4. The van der Waals surface area contributed by atoms with Crippen molar-refractivity contribution in [2.75, 3.05) is 18.4 Å². The monoisotopic (exact) mass is 410 g/mol. The Morgan fingerprint density at radius 2 is 1.72 bits per heavy atom. The Hall–Kier alpha value is -2.76. The molecule has 150 valence electrons. The minimum Gasteiger partial charge on any atom is -0.459 e. The number of anilines is 1. The first-order valence-corrected chi connectivity index (χ1v) is 10.1. The first kappa shape index (κ1) is 19.6. The SMILES string of the molecule is O=C(c1ccc(NCc2ccc(-c3ccc(Cl)cc3)o2)cc1)N1CCC(O)CC1. The first-order valence-electron chi connectivity index (χ1n) is 9.74. The van der Waals surface area contributed by atoms with Crippen molar-refractivity contribution in [1.29, 1.82) is 0 Å². The molecule has 5 nitrogen and oxygen atoms in total. The standard InChI is InChI=1S/C23H23ClN2O3/c24-18-5-1-16(2-6-18)22-10-9-21(29-22)15-25-19-7-3-17(4-8-19)23(28)26-13-11-20(27)12-14-26/h1-10,20,25,27H,11-15H2. The molecule has 0 spiro atoms. The average molecular weight is 411 g/mol. The number of benzene rings is 2. The number of halogens is 1. The molecule has 4 rings (SSSR count). The van der Waals surface area contributed by atoms with Gasteiger partial charge in [0.05, 0.1) is 12.6 Å². The van der Waals surface area contributed by atoms with Gasteiger partial charge in [0.2, 0.25) is 0 Å². The quantitative estimate of drug-likeness (QED) is 0.633. The first-order chi connectivity index (χ1) is 14.1. The Balaban J connectivity index is 1.33. The molecule has 1 amide bonds. The van der Waals surface area contributed by atoms with E-state index in [4.69, 9.17) is 16.0 Å². The summed E-state index contributed by atoms with van der Waals surface area (Å²) >= 11 is 5.93. The molecular formula is C23H23ClN2O3. The van der Waals surface area contributed by atoms with Gasteiger partial charge in [0.1, 0.15) is 11.5 Å². The Morgan fingerprint density at radius 3 is 2.41 bits per heavy atom. The van der Waals surface area contributed by atoms with Crippen LogP contribution in [0.25, 0.3) is 11.3 Å². The van der Waals surface area contributed by atoms with Crippen molar-refractivity contribution in [2.24, 2.45) is 0 Å². The lowest BCUT2D eigenvalue weighted by molar-refractivity contribution is 0.0546. The van der Waals surface area contributed by atoms with Gasteiger partial charge in [-0.2, -0.15) is 0 Å². The minimum absolute atomic E-state index is 0.0158. The molecule has 2 heterocycles. The highest BCUT2D eigenvalue weighted by Gasteiger charge is 2.22. The van der Waals surface area contributed by atoms with Gasteiger partial charge in [0, 0.05) is 34.9 Å². The molecule has 3 aromatic rings. The van der Waals surface area contributed by atoms with Crippen LogP contribution in [0.1, 0.15) is 29.0 Å². The van der Waals surface area contributed by atoms with Crippen molar-refractivity contribution in [3.8, 4) is 11.3 Å². The van der Waals surface area contributed by atoms with Crippen LogP contribution in [0.15, 0.2) is 65.1 Å². The third kappa shape index (κ3) is 4.81. The van der Waals surface area contributed by atoms with E-state index < -0.39 is 0 Å². The third-order valence-corrected chi connectivity index (χ3v) is 5.39. The summed E-state index contributed by atoms with van der Waals surface area (Å²) in [6, 6.07) is 18.9. The lowest BCUT2D eigenvalue weighted by Gasteiger charge is -2.29. The van der Waals surface area contributed by atoms with E-state index in [-0.39, 0.29) is 12.0 Å². The molecule has 0 atom stereocenters. The van der Waals surface area contributed by atoms with Crippen molar-refractivity contribution in [2.45, 2.75) is 25.5 Å². The van der Waals surface area contributed by atoms with Crippen LogP contribution in [-0.4, -0.2) is 35.1 Å². The number of nitrogens with one attached hydrogen (secondary N) is 1. The number of hydrogen-bond donors (Lipinski definition) is 2. The van der Waals surface area contributed by atoms with E-state index in [1.54, 1.807) is 4.90 Å². The van der Waals surface area contributed by atoms with E-state index in [9.17, 15) is 9.90 Å². The topological polar surface area (TPSA) is 65.7 Å². The number of furan rings is 1. The summed E-state index contributed by atoms with van der Waals surface area (Å²) in [6.45, 7) is 1.76. The molecule has 1 aliphatic rings. The van der Waals surface area contributed by atoms with Crippen LogP contribution in [0.5, 0.6) is 0 Å². The van der Waals surface area contributed by atoms with Crippen LogP contribution in [0, 0.1) is 0 Å². The van der Waals surface area contributed by atoms with Crippen LogP contribution >= 0.6 is 11.6 Å². The zero-order valence-electron chi connectivity index (χ0n) is 16.0. The van der Waals surface area contributed by atoms with Gasteiger partial charge < -0.3 is 19.7 Å². The maximum atomic E-state index is 12.6. The second-order valence-electron chi connectivity index (χ2n) is 7.23. The minimum atomic E-state index is -0.285. The molecule has 0 unspecified atom stereocenters. The predicted molar refractivity (Wildman–Crippen MR) is 114 cm³/mol. The zero-order chi connectivity index (χ0) is 20.2. The lowest BCUT2D eigenvalue weighted by Crippen LogP contribution is -2.40. The fourth-order valence-electron chi connectivity index (χ4n) is 3.41. The molecule has 0 saturated carbocycles. The van der Waals surface area contributed by atoms with Crippen LogP contribution in [-0.2, 0) is 6.54 Å². The fourth-order valence-corrected chi connectivity index (χ4v) is 3.54.